The smallest absolute Gasteiger partial charge is 0.312 e. The van der Waals surface area contributed by atoms with Crippen LogP contribution in [0.1, 0.15) is 19.3 Å². The Labute approximate surface area is 101 Å². The first-order valence-electron chi connectivity index (χ1n) is 5.70. The third-order valence-corrected chi connectivity index (χ3v) is 2.27. The van der Waals surface area contributed by atoms with Gasteiger partial charge in [-0.25, -0.2) is 4.79 Å². The van der Waals surface area contributed by atoms with Crippen molar-refractivity contribution in [1.82, 2.24) is 5.32 Å². The highest BCUT2D eigenvalue weighted by Gasteiger charge is 1.95. The summed E-state index contributed by atoms with van der Waals surface area (Å²) in [6.07, 6.45) is 2.86. The predicted molar refractivity (Wildman–Crippen MR) is 67.8 cm³/mol. The number of ether oxygens (including phenoxy) is 1. The number of primary amides is 1. The fourth-order valence-corrected chi connectivity index (χ4v) is 1.37. The largest absolute Gasteiger partial charge is 0.494 e. The van der Waals surface area contributed by atoms with Crippen molar-refractivity contribution in [3.63, 3.8) is 0 Å². The summed E-state index contributed by atoms with van der Waals surface area (Å²) in [6, 6.07) is 6.86. The van der Waals surface area contributed by atoms with E-state index in [1.165, 1.54) is 0 Å². The lowest BCUT2D eigenvalue weighted by Gasteiger charge is -2.06. The molecular formula is C12H19N3O2. The second-order valence-electron chi connectivity index (χ2n) is 3.77. The minimum Gasteiger partial charge on any atom is -0.494 e. The van der Waals surface area contributed by atoms with Gasteiger partial charge in [0.25, 0.3) is 0 Å². The molecule has 0 atom stereocenters. The number of carbonyl (C=O) groups excluding carboxylic acids is 1. The summed E-state index contributed by atoms with van der Waals surface area (Å²) in [7, 11) is 0. The fraction of sp³-hybridized carbons (Fsp3) is 0.417. The lowest BCUT2D eigenvalue weighted by molar-refractivity contribution is 0.248. The molecular weight excluding hydrogens is 218 g/mol. The zero-order valence-corrected chi connectivity index (χ0v) is 9.82. The summed E-state index contributed by atoms with van der Waals surface area (Å²) in [6.45, 7) is 1.29. The first kappa shape index (κ1) is 13.2. The minimum absolute atomic E-state index is 0.469. The Hall–Kier alpha value is -1.91. The van der Waals surface area contributed by atoms with Crippen molar-refractivity contribution in [2.24, 2.45) is 5.73 Å². The van der Waals surface area contributed by atoms with E-state index in [1.54, 1.807) is 0 Å². The lowest BCUT2D eigenvalue weighted by Crippen LogP contribution is -2.30. The van der Waals surface area contributed by atoms with Gasteiger partial charge in [0.2, 0.25) is 0 Å². The lowest BCUT2D eigenvalue weighted by atomic mass is 10.2. The van der Waals surface area contributed by atoms with Gasteiger partial charge >= 0.3 is 6.03 Å². The predicted octanol–water partition coefficient (Wildman–Crippen LogP) is 1.49. The standard InChI is InChI=1S/C12H19N3O2/c13-10-4-6-11(7-5-10)17-9-3-1-2-8-15-12(14)16/h4-7H,1-3,8-9,13H2,(H3,14,15,16). The van der Waals surface area contributed by atoms with E-state index in [0.717, 1.165) is 30.7 Å². The molecule has 0 fully saturated rings. The van der Waals surface area contributed by atoms with Crippen LogP contribution in [-0.2, 0) is 0 Å². The van der Waals surface area contributed by atoms with Crippen molar-refractivity contribution < 1.29 is 9.53 Å². The topological polar surface area (TPSA) is 90.4 Å². The number of nitrogen functional groups attached to an aromatic ring is 1. The molecule has 1 aromatic carbocycles. The Morgan fingerprint density at radius 3 is 2.53 bits per heavy atom. The highest BCUT2D eigenvalue weighted by molar-refractivity contribution is 5.71. The molecule has 0 aliphatic carbocycles. The molecule has 2 amide bonds. The van der Waals surface area contributed by atoms with Crippen molar-refractivity contribution in [2.45, 2.75) is 19.3 Å². The third kappa shape index (κ3) is 6.29. The van der Waals surface area contributed by atoms with Gasteiger partial charge in [0.1, 0.15) is 5.75 Å². The maximum atomic E-state index is 10.4. The normalized spacial score (nSPS) is 9.88. The molecule has 0 bridgehead atoms. The van der Waals surface area contributed by atoms with E-state index < -0.39 is 6.03 Å². The van der Waals surface area contributed by atoms with Crippen LogP contribution in [0.4, 0.5) is 10.5 Å². The number of hydrogen-bond donors (Lipinski definition) is 3. The Balaban J connectivity index is 2.01. The second-order valence-corrected chi connectivity index (χ2v) is 3.77. The van der Waals surface area contributed by atoms with E-state index in [4.69, 9.17) is 16.2 Å². The Bertz CT molecular complexity index is 338. The Kier molecular flexibility index (Phi) is 5.71. The van der Waals surface area contributed by atoms with E-state index >= 15 is 0 Å². The fourth-order valence-electron chi connectivity index (χ4n) is 1.37. The van der Waals surface area contributed by atoms with Crippen LogP contribution in [0.3, 0.4) is 0 Å². The van der Waals surface area contributed by atoms with Gasteiger partial charge in [-0.15, -0.1) is 0 Å². The van der Waals surface area contributed by atoms with Crippen molar-refractivity contribution in [2.75, 3.05) is 18.9 Å². The number of urea groups is 1. The van der Waals surface area contributed by atoms with Crippen LogP contribution >= 0.6 is 0 Å². The van der Waals surface area contributed by atoms with E-state index in [0.29, 0.717) is 13.2 Å². The minimum atomic E-state index is -0.469. The first-order valence-corrected chi connectivity index (χ1v) is 5.70. The highest BCUT2D eigenvalue weighted by atomic mass is 16.5. The molecule has 5 heteroatoms. The first-order chi connectivity index (χ1) is 8.18. The zero-order chi connectivity index (χ0) is 12.5. The van der Waals surface area contributed by atoms with Crippen LogP contribution in [0, 0.1) is 0 Å². The van der Waals surface area contributed by atoms with Crippen molar-refractivity contribution in [3.05, 3.63) is 24.3 Å². The van der Waals surface area contributed by atoms with Gasteiger partial charge in [0.05, 0.1) is 6.61 Å². The van der Waals surface area contributed by atoms with Crippen molar-refractivity contribution >= 4 is 11.7 Å². The Morgan fingerprint density at radius 1 is 1.18 bits per heavy atom. The van der Waals surface area contributed by atoms with Crippen LogP contribution in [-0.4, -0.2) is 19.2 Å². The molecule has 94 valence electrons. The number of unbranched alkanes of at least 4 members (excludes halogenated alkanes) is 2. The number of amides is 2. The van der Waals surface area contributed by atoms with Gasteiger partial charge in [-0.05, 0) is 43.5 Å². The van der Waals surface area contributed by atoms with E-state index in [-0.39, 0.29) is 0 Å². The molecule has 0 aliphatic heterocycles. The molecule has 1 aromatic rings. The monoisotopic (exact) mass is 237 g/mol. The number of rotatable bonds is 7. The quantitative estimate of drug-likeness (QED) is 0.495. The van der Waals surface area contributed by atoms with E-state index in [9.17, 15) is 4.79 Å². The van der Waals surface area contributed by atoms with E-state index in [2.05, 4.69) is 5.32 Å². The summed E-state index contributed by atoms with van der Waals surface area (Å²) in [5.74, 6) is 0.828. The molecule has 1 rings (SSSR count). The molecule has 5 nitrogen and oxygen atoms in total. The van der Waals surface area contributed by atoms with Gasteiger partial charge in [0, 0.05) is 12.2 Å². The van der Waals surface area contributed by atoms with Gasteiger partial charge in [-0.2, -0.15) is 0 Å². The van der Waals surface area contributed by atoms with Gasteiger partial charge in [0.15, 0.2) is 0 Å². The average Bonchev–Trinajstić information content (AvgIpc) is 2.30. The second kappa shape index (κ2) is 7.38. The van der Waals surface area contributed by atoms with Crippen LogP contribution in [0.5, 0.6) is 5.75 Å². The molecule has 0 saturated heterocycles. The van der Waals surface area contributed by atoms with Gasteiger partial charge in [-0.3, -0.25) is 0 Å². The number of carbonyl (C=O) groups is 1. The number of benzene rings is 1. The number of nitrogens with two attached hydrogens (primary N) is 2. The van der Waals surface area contributed by atoms with E-state index in [1.807, 2.05) is 24.3 Å². The molecule has 0 heterocycles. The SMILES string of the molecule is NC(=O)NCCCCCOc1ccc(N)cc1. The maximum Gasteiger partial charge on any atom is 0.312 e. The summed E-state index contributed by atoms with van der Waals surface area (Å²) in [5, 5.41) is 2.54. The highest BCUT2D eigenvalue weighted by Crippen LogP contribution is 2.13. The molecule has 0 aromatic heterocycles. The summed E-state index contributed by atoms with van der Waals surface area (Å²) < 4.78 is 5.52. The van der Waals surface area contributed by atoms with Crippen LogP contribution in [0.25, 0.3) is 0 Å². The summed E-state index contributed by atoms with van der Waals surface area (Å²) in [5.41, 5.74) is 11.2. The van der Waals surface area contributed by atoms with Crippen molar-refractivity contribution in [1.29, 1.82) is 0 Å². The average molecular weight is 237 g/mol. The summed E-state index contributed by atoms with van der Waals surface area (Å²) >= 11 is 0. The zero-order valence-electron chi connectivity index (χ0n) is 9.82. The van der Waals surface area contributed by atoms with Gasteiger partial charge in [-0.1, -0.05) is 0 Å². The number of anilines is 1. The Morgan fingerprint density at radius 2 is 1.88 bits per heavy atom. The molecule has 0 aliphatic rings. The summed E-state index contributed by atoms with van der Waals surface area (Å²) in [4.78, 5) is 10.4. The maximum absolute atomic E-state index is 10.4. The third-order valence-electron chi connectivity index (χ3n) is 2.27. The molecule has 5 N–H and O–H groups in total. The molecule has 17 heavy (non-hydrogen) atoms. The number of nitrogens with one attached hydrogen (secondary N) is 1. The van der Waals surface area contributed by atoms with Crippen LogP contribution < -0.4 is 21.5 Å². The van der Waals surface area contributed by atoms with Crippen molar-refractivity contribution in [3.8, 4) is 5.75 Å². The molecule has 0 spiro atoms. The van der Waals surface area contributed by atoms with Crippen LogP contribution in [0.15, 0.2) is 24.3 Å². The van der Waals surface area contributed by atoms with Crippen LogP contribution in [0.2, 0.25) is 0 Å². The molecule has 0 unspecified atom stereocenters. The number of hydrogen-bond acceptors (Lipinski definition) is 3. The van der Waals surface area contributed by atoms with Gasteiger partial charge < -0.3 is 21.5 Å². The molecule has 0 radical (unpaired) electrons. The molecule has 0 saturated carbocycles.